The predicted octanol–water partition coefficient (Wildman–Crippen LogP) is 3.10. The lowest BCUT2D eigenvalue weighted by molar-refractivity contribution is -0.132. The second-order valence-electron chi connectivity index (χ2n) is 7.11. The van der Waals surface area contributed by atoms with Gasteiger partial charge in [-0.05, 0) is 38.0 Å². The monoisotopic (exact) mass is 304 g/mol. The fourth-order valence-corrected chi connectivity index (χ4v) is 3.64. The minimum atomic E-state index is 0.152. The summed E-state index contributed by atoms with van der Waals surface area (Å²) in [4.78, 5) is 14.6. The van der Waals surface area contributed by atoms with E-state index in [1.54, 1.807) is 0 Å². The van der Waals surface area contributed by atoms with Gasteiger partial charge >= 0.3 is 0 Å². The third-order valence-corrected chi connectivity index (χ3v) is 4.94. The van der Waals surface area contributed by atoms with E-state index in [1.165, 1.54) is 19.3 Å². The second-order valence-corrected chi connectivity index (χ2v) is 7.11. The van der Waals surface area contributed by atoms with Crippen LogP contribution in [0, 0.1) is 5.92 Å². The number of rotatable bonds is 4. The lowest BCUT2D eigenvalue weighted by Crippen LogP contribution is -2.32. The molecular weight excluding hydrogens is 276 g/mol. The van der Waals surface area contributed by atoms with Crippen LogP contribution in [-0.2, 0) is 17.8 Å². The number of hydrogen-bond acceptors (Lipinski definition) is 3. The topological polar surface area (TPSA) is 51.0 Å². The van der Waals surface area contributed by atoms with Crippen LogP contribution in [0.5, 0.6) is 0 Å². The number of amides is 1. The maximum Gasteiger partial charge on any atom is 0.223 e. The summed E-state index contributed by atoms with van der Waals surface area (Å²) in [5.74, 6) is 3.03. The lowest BCUT2D eigenvalue weighted by Gasteiger charge is -2.25. The van der Waals surface area contributed by atoms with E-state index in [0.29, 0.717) is 18.2 Å². The quantitative estimate of drug-likeness (QED) is 0.859. The Balaban J connectivity index is 1.76. The van der Waals surface area contributed by atoms with E-state index in [-0.39, 0.29) is 6.04 Å². The highest BCUT2D eigenvalue weighted by molar-refractivity contribution is 5.76. The molecule has 1 aromatic heterocycles. The molecule has 3 rings (SSSR count). The van der Waals surface area contributed by atoms with Crippen LogP contribution in [-0.4, -0.2) is 32.1 Å². The molecule has 3 heterocycles. The number of aryl methyl sites for hydroxylation is 1. The van der Waals surface area contributed by atoms with E-state index in [2.05, 4.69) is 33.5 Å². The van der Waals surface area contributed by atoms with Gasteiger partial charge in [-0.2, -0.15) is 0 Å². The maximum atomic E-state index is 12.6. The van der Waals surface area contributed by atoms with Crippen LogP contribution >= 0.6 is 0 Å². The lowest BCUT2D eigenvalue weighted by atomic mass is 10.1. The molecule has 0 aliphatic carbocycles. The molecule has 1 fully saturated rings. The normalized spacial score (nSPS) is 22.0. The van der Waals surface area contributed by atoms with E-state index < -0.39 is 0 Å². The first-order valence-corrected chi connectivity index (χ1v) is 8.88. The van der Waals surface area contributed by atoms with Gasteiger partial charge < -0.3 is 9.47 Å². The highest BCUT2D eigenvalue weighted by atomic mass is 16.2. The maximum absolute atomic E-state index is 12.6. The molecule has 0 N–H and O–H groups in total. The minimum Gasteiger partial charge on any atom is -0.332 e. The number of carbonyl (C=O) groups is 1. The second kappa shape index (κ2) is 6.80. The summed E-state index contributed by atoms with van der Waals surface area (Å²) >= 11 is 0. The van der Waals surface area contributed by atoms with Crippen LogP contribution in [0.15, 0.2) is 0 Å². The Morgan fingerprint density at radius 1 is 1.18 bits per heavy atom. The van der Waals surface area contributed by atoms with Crippen LogP contribution in [0.25, 0.3) is 0 Å². The minimum absolute atomic E-state index is 0.152. The highest BCUT2D eigenvalue weighted by Crippen LogP contribution is 2.33. The number of hydrogen-bond donors (Lipinski definition) is 0. The first kappa shape index (κ1) is 15.5. The van der Waals surface area contributed by atoms with Crippen molar-refractivity contribution >= 4 is 5.91 Å². The van der Waals surface area contributed by atoms with Gasteiger partial charge in [0.1, 0.15) is 5.82 Å². The molecule has 0 saturated carbocycles. The molecular formula is C17H28N4O. The molecule has 2 aliphatic rings. The Labute approximate surface area is 133 Å². The highest BCUT2D eigenvalue weighted by Gasteiger charge is 2.34. The van der Waals surface area contributed by atoms with E-state index in [0.717, 1.165) is 50.4 Å². The summed E-state index contributed by atoms with van der Waals surface area (Å²) in [7, 11) is 0. The fraction of sp³-hybridized carbons (Fsp3) is 0.824. The number of aromatic nitrogens is 3. The van der Waals surface area contributed by atoms with Crippen LogP contribution in [0.3, 0.4) is 0 Å². The average molecular weight is 304 g/mol. The molecule has 0 aromatic carbocycles. The van der Waals surface area contributed by atoms with E-state index in [1.807, 2.05) is 0 Å². The first-order valence-electron chi connectivity index (χ1n) is 8.88. The summed E-state index contributed by atoms with van der Waals surface area (Å²) < 4.78 is 2.30. The van der Waals surface area contributed by atoms with Crippen molar-refractivity contribution in [3.63, 3.8) is 0 Å². The van der Waals surface area contributed by atoms with E-state index in [9.17, 15) is 4.79 Å². The van der Waals surface area contributed by atoms with Gasteiger partial charge in [0, 0.05) is 25.9 Å². The Hall–Kier alpha value is -1.39. The zero-order valence-corrected chi connectivity index (χ0v) is 13.9. The number of likely N-dealkylation sites (tertiary alicyclic amines) is 1. The number of fused-ring (bicyclic) bond motifs is 1. The van der Waals surface area contributed by atoms with Crippen molar-refractivity contribution in [2.45, 2.75) is 77.8 Å². The van der Waals surface area contributed by atoms with Gasteiger partial charge in [-0.1, -0.05) is 20.3 Å². The van der Waals surface area contributed by atoms with Gasteiger partial charge in [0.2, 0.25) is 5.91 Å². The molecule has 122 valence electrons. The molecule has 1 aromatic rings. The molecule has 0 radical (unpaired) electrons. The van der Waals surface area contributed by atoms with Gasteiger partial charge in [-0.15, -0.1) is 10.2 Å². The molecule has 0 spiro atoms. The fourth-order valence-electron chi connectivity index (χ4n) is 3.64. The molecule has 0 unspecified atom stereocenters. The van der Waals surface area contributed by atoms with Gasteiger partial charge in [0.25, 0.3) is 0 Å². The number of carbonyl (C=O) groups excluding carboxylic acids is 1. The Morgan fingerprint density at radius 3 is 2.86 bits per heavy atom. The first-order chi connectivity index (χ1) is 10.7. The van der Waals surface area contributed by atoms with Crippen molar-refractivity contribution in [1.82, 2.24) is 19.7 Å². The smallest absolute Gasteiger partial charge is 0.223 e. The van der Waals surface area contributed by atoms with Crippen LogP contribution in [0.2, 0.25) is 0 Å². The average Bonchev–Trinajstić information content (AvgIpc) is 3.05. The zero-order valence-electron chi connectivity index (χ0n) is 13.9. The predicted molar refractivity (Wildman–Crippen MR) is 85.3 cm³/mol. The molecule has 1 amide bonds. The summed E-state index contributed by atoms with van der Waals surface area (Å²) in [6.07, 6.45) is 8.46. The molecule has 2 aliphatic heterocycles. The van der Waals surface area contributed by atoms with Crippen molar-refractivity contribution in [3.05, 3.63) is 11.6 Å². The van der Waals surface area contributed by atoms with Gasteiger partial charge in [0.15, 0.2) is 5.82 Å². The summed E-state index contributed by atoms with van der Waals surface area (Å²) in [6, 6.07) is 0.152. The van der Waals surface area contributed by atoms with Crippen molar-refractivity contribution < 1.29 is 4.79 Å². The van der Waals surface area contributed by atoms with Crippen molar-refractivity contribution in [2.75, 3.05) is 6.54 Å². The molecule has 22 heavy (non-hydrogen) atoms. The number of nitrogens with zero attached hydrogens (tertiary/aromatic N) is 4. The van der Waals surface area contributed by atoms with Gasteiger partial charge in [0.05, 0.1) is 6.04 Å². The summed E-state index contributed by atoms with van der Waals surface area (Å²) in [5.41, 5.74) is 0. The van der Waals surface area contributed by atoms with Crippen LogP contribution in [0.4, 0.5) is 0 Å². The van der Waals surface area contributed by atoms with Crippen LogP contribution in [0.1, 0.15) is 76.5 Å². The zero-order chi connectivity index (χ0) is 15.5. The molecule has 0 bridgehead atoms. The molecule has 1 atom stereocenters. The Bertz CT molecular complexity index is 523. The SMILES string of the molecule is CC(C)CCC(=O)N1CCC[C@H]1c1nnc2n1CCCCC2. The molecule has 1 saturated heterocycles. The van der Waals surface area contributed by atoms with Crippen molar-refractivity contribution in [1.29, 1.82) is 0 Å². The summed E-state index contributed by atoms with van der Waals surface area (Å²) in [6.45, 7) is 6.24. The summed E-state index contributed by atoms with van der Waals surface area (Å²) in [5, 5.41) is 8.87. The Kier molecular flexibility index (Phi) is 4.79. The van der Waals surface area contributed by atoms with Gasteiger partial charge in [-0.25, -0.2) is 0 Å². The van der Waals surface area contributed by atoms with E-state index >= 15 is 0 Å². The molecule has 5 heteroatoms. The third-order valence-electron chi connectivity index (χ3n) is 4.94. The van der Waals surface area contributed by atoms with Crippen molar-refractivity contribution in [2.24, 2.45) is 5.92 Å². The Morgan fingerprint density at radius 2 is 2.05 bits per heavy atom. The third kappa shape index (κ3) is 3.18. The molecule has 5 nitrogen and oxygen atoms in total. The van der Waals surface area contributed by atoms with Crippen molar-refractivity contribution in [3.8, 4) is 0 Å². The standard InChI is InChI=1S/C17H28N4O/c1-13(2)9-10-16(22)20-12-6-7-14(20)17-19-18-15-8-4-3-5-11-21(15)17/h13-14H,3-12H2,1-2H3/t14-/m0/s1. The van der Waals surface area contributed by atoms with Gasteiger partial charge in [-0.3, -0.25) is 4.79 Å². The van der Waals surface area contributed by atoms with Crippen LogP contribution < -0.4 is 0 Å². The van der Waals surface area contributed by atoms with E-state index in [4.69, 9.17) is 0 Å². The largest absolute Gasteiger partial charge is 0.332 e.